The normalized spacial score (nSPS) is 39.9. The first-order chi connectivity index (χ1) is 24.2. The summed E-state index contributed by atoms with van der Waals surface area (Å²) in [6, 6.07) is 10.3. The van der Waals surface area contributed by atoms with Crippen LogP contribution >= 0.6 is 0 Å². The van der Waals surface area contributed by atoms with Gasteiger partial charge in [-0.05, 0) is 140 Å². The molecule has 6 nitrogen and oxygen atoms in total. The summed E-state index contributed by atoms with van der Waals surface area (Å²) in [6.07, 6.45) is 11.8. The fourth-order valence-electron chi connectivity index (χ4n) is 14.3. The summed E-state index contributed by atoms with van der Waals surface area (Å²) in [5.74, 6) is 1.63. The number of hydrogen-bond acceptors (Lipinski definition) is 4. The number of allylic oxidation sites excluding steroid dienone is 1. The lowest BCUT2D eigenvalue weighted by Gasteiger charge is -2.73. The molecule has 1 aromatic carbocycles. The second kappa shape index (κ2) is 13.6. The highest BCUT2D eigenvalue weighted by atomic mass is 16.5. The van der Waals surface area contributed by atoms with E-state index in [2.05, 4.69) is 72.5 Å². The molecule has 6 heteroatoms. The molecule has 52 heavy (non-hydrogen) atoms. The Morgan fingerprint density at radius 3 is 2.23 bits per heavy atom. The Labute approximate surface area is 314 Å². The van der Waals surface area contributed by atoms with E-state index in [-0.39, 0.29) is 63.9 Å². The molecule has 5 aliphatic carbocycles. The van der Waals surface area contributed by atoms with Crippen molar-refractivity contribution in [2.45, 2.75) is 158 Å². The first-order valence-electron chi connectivity index (χ1n) is 20.6. The van der Waals surface area contributed by atoms with E-state index in [1.165, 1.54) is 31.3 Å². The Bertz CT molecular complexity index is 1550. The van der Waals surface area contributed by atoms with Gasteiger partial charge in [0.1, 0.15) is 6.10 Å². The fourth-order valence-corrected chi connectivity index (χ4v) is 14.3. The number of carboxylic acid groups (broad SMARTS) is 1. The number of nitrogens with one attached hydrogen (secondary N) is 1. The van der Waals surface area contributed by atoms with Crippen LogP contribution in [0, 0.1) is 62.1 Å². The molecule has 1 aromatic rings. The van der Waals surface area contributed by atoms with Gasteiger partial charge in [-0.15, -0.1) is 0 Å². The molecule has 5 saturated carbocycles. The third-order valence-corrected chi connectivity index (χ3v) is 16.9. The Morgan fingerprint density at radius 2 is 1.58 bits per heavy atom. The Kier molecular flexibility index (Phi) is 10.2. The minimum Gasteiger partial charge on any atom is -0.481 e. The molecule has 0 bridgehead atoms. The highest BCUT2D eigenvalue weighted by Gasteiger charge is 2.71. The van der Waals surface area contributed by atoms with Crippen molar-refractivity contribution in [3.63, 3.8) is 0 Å². The van der Waals surface area contributed by atoms with Gasteiger partial charge in [0.25, 0.3) is 0 Å². The molecule has 288 valence electrons. The number of carboxylic acids is 1. The van der Waals surface area contributed by atoms with Crippen molar-refractivity contribution in [2.24, 2.45) is 62.1 Å². The monoisotopic (exact) mass is 716 g/mol. The zero-order valence-electron chi connectivity index (χ0n) is 33.9. The highest BCUT2D eigenvalue weighted by molar-refractivity contribution is 5.77. The van der Waals surface area contributed by atoms with Crippen LogP contribution in [0.5, 0.6) is 0 Å². The van der Waals surface area contributed by atoms with E-state index >= 15 is 0 Å². The predicted molar refractivity (Wildman–Crippen MR) is 207 cm³/mol. The fraction of sp³-hybridized carbons (Fsp3) is 0.761. The molecule has 0 spiro atoms. The number of hydrogen-bond donors (Lipinski definition) is 2. The van der Waals surface area contributed by atoms with E-state index < -0.39 is 11.4 Å². The molecule has 0 saturated heterocycles. The average molecular weight is 716 g/mol. The molecule has 1 amide bonds. The molecule has 6 rings (SSSR count). The smallest absolute Gasteiger partial charge is 0.306 e. The van der Waals surface area contributed by atoms with Gasteiger partial charge in [0, 0.05) is 11.8 Å². The quantitative estimate of drug-likeness (QED) is 0.186. The van der Waals surface area contributed by atoms with Gasteiger partial charge in [-0.1, -0.05) is 91.0 Å². The first kappa shape index (κ1) is 39.1. The largest absolute Gasteiger partial charge is 0.481 e. The van der Waals surface area contributed by atoms with Gasteiger partial charge in [0.05, 0.1) is 18.9 Å². The maximum Gasteiger partial charge on any atom is 0.306 e. The van der Waals surface area contributed by atoms with Gasteiger partial charge in [-0.2, -0.15) is 0 Å². The zero-order valence-corrected chi connectivity index (χ0v) is 33.9. The Balaban J connectivity index is 1.22. The summed E-state index contributed by atoms with van der Waals surface area (Å²) in [6.45, 7) is 25.1. The second-order valence-corrected chi connectivity index (χ2v) is 20.7. The summed E-state index contributed by atoms with van der Waals surface area (Å²) in [5.41, 5.74) is 2.22. The topological polar surface area (TPSA) is 92.7 Å². The predicted octanol–water partition coefficient (Wildman–Crippen LogP) is 10.7. The Morgan fingerprint density at radius 1 is 0.885 bits per heavy atom. The van der Waals surface area contributed by atoms with Gasteiger partial charge in [-0.3, -0.25) is 14.4 Å². The van der Waals surface area contributed by atoms with E-state index in [4.69, 9.17) is 4.74 Å². The van der Waals surface area contributed by atoms with Crippen molar-refractivity contribution in [2.75, 3.05) is 0 Å². The van der Waals surface area contributed by atoms with E-state index in [0.717, 1.165) is 44.1 Å². The van der Waals surface area contributed by atoms with Crippen molar-refractivity contribution in [3.8, 4) is 0 Å². The lowest BCUT2D eigenvalue weighted by atomic mass is 9.32. The van der Waals surface area contributed by atoms with Gasteiger partial charge >= 0.3 is 11.9 Å². The molecule has 5 fully saturated rings. The molecule has 2 N–H and O–H groups in total. The summed E-state index contributed by atoms with van der Waals surface area (Å²) in [5, 5.41) is 12.7. The molecular formula is C46H69NO5. The van der Waals surface area contributed by atoms with Crippen LogP contribution in [0.4, 0.5) is 0 Å². The number of fused-ring (bicyclic) bond motifs is 7. The number of carbonyl (C=O) groups is 3. The van der Waals surface area contributed by atoms with Crippen LogP contribution in [0.25, 0.3) is 0 Å². The highest BCUT2D eigenvalue weighted by Crippen LogP contribution is 2.78. The minimum absolute atomic E-state index is 0.00679. The van der Waals surface area contributed by atoms with E-state index in [1.807, 2.05) is 32.0 Å². The van der Waals surface area contributed by atoms with Crippen LogP contribution in [0.15, 0.2) is 42.5 Å². The molecule has 0 aromatic heterocycles. The van der Waals surface area contributed by atoms with E-state index in [0.29, 0.717) is 36.0 Å². The standard InChI is InChI=1S/C46H69NO5/c1-29(2)32-18-23-46(26-37(48)47-30(3)31-14-12-11-13-15-31)25-24-44(9)33(40(32)46)16-17-35-43(8)21-20-36(42(6,7)34(43)19-22-45(35,44)10)52-39(51)28-41(4,5)27-38(49)50/h11-15,30,32-36,40H,1,16-28H2,2-10H3,(H,47,48)(H,49,50)/t30-,32-,33+,34-,35+,36-,40+,43-,44+,45+,46+/m0/s1. The average Bonchev–Trinajstić information content (AvgIpc) is 3.41. The van der Waals surface area contributed by atoms with Gasteiger partial charge in [0.2, 0.25) is 5.91 Å². The van der Waals surface area contributed by atoms with Crippen LogP contribution in [-0.4, -0.2) is 29.1 Å². The summed E-state index contributed by atoms with van der Waals surface area (Å²) in [7, 11) is 0. The van der Waals surface area contributed by atoms with E-state index in [1.54, 1.807) is 0 Å². The second-order valence-electron chi connectivity index (χ2n) is 20.7. The number of esters is 1. The third kappa shape index (κ3) is 6.48. The number of amides is 1. The van der Waals surface area contributed by atoms with Gasteiger partial charge in [0.15, 0.2) is 0 Å². The number of benzene rings is 1. The number of carbonyl (C=O) groups excluding carboxylic acids is 2. The van der Waals surface area contributed by atoms with Crippen LogP contribution in [-0.2, 0) is 19.1 Å². The summed E-state index contributed by atoms with van der Waals surface area (Å²) < 4.78 is 6.29. The maximum absolute atomic E-state index is 13.9. The summed E-state index contributed by atoms with van der Waals surface area (Å²) >= 11 is 0. The molecule has 11 atom stereocenters. The maximum atomic E-state index is 13.9. The lowest BCUT2D eigenvalue weighted by molar-refractivity contribution is -0.250. The minimum atomic E-state index is -0.883. The molecule has 0 heterocycles. The van der Waals surface area contributed by atoms with Crippen LogP contribution < -0.4 is 5.32 Å². The molecular weight excluding hydrogens is 647 g/mol. The van der Waals surface area contributed by atoms with Crippen LogP contribution in [0.2, 0.25) is 0 Å². The van der Waals surface area contributed by atoms with Crippen molar-refractivity contribution in [1.29, 1.82) is 0 Å². The van der Waals surface area contributed by atoms with Gasteiger partial charge < -0.3 is 15.2 Å². The van der Waals surface area contributed by atoms with Crippen molar-refractivity contribution in [1.82, 2.24) is 5.32 Å². The molecule has 0 radical (unpaired) electrons. The SMILES string of the molecule is C=C(C)[C@@H]1CC[C@]2(CC(=O)N[C@@H](C)c3ccccc3)CC[C@]3(C)[C@H](CC[C@@H]4[C@@]5(C)CC[C@H](OC(=O)CC(C)(C)CC(=O)O)C(C)(C)[C@@H]5CC[C@]43C)[C@@H]12. The van der Waals surface area contributed by atoms with Crippen molar-refractivity contribution >= 4 is 17.8 Å². The number of ether oxygens (including phenoxy) is 1. The molecule has 0 unspecified atom stereocenters. The molecule has 0 aliphatic heterocycles. The van der Waals surface area contributed by atoms with Crippen molar-refractivity contribution in [3.05, 3.63) is 48.0 Å². The van der Waals surface area contributed by atoms with Gasteiger partial charge in [-0.25, -0.2) is 0 Å². The zero-order chi connectivity index (χ0) is 38.1. The number of rotatable bonds is 10. The third-order valence-electron chi connectivity index (χ3n) is 16.9. The Hall–Kier alpha value is -2.63. The number of aliphatic carboxylic acids is 1. The van der Waals surface area contributed by atoms with E-state index in [9.17, 15) is 19.5 Å². The van der Waals surface area contributed by atoms with Crippen molar-refractivity contribution < 1.29 is 24.2 Å². The summed E-state index contributed by atoms with van der Waals surface area (Å²) in [4.78, 5) is 38.6. The van der Waals surface area contributed by atoms with Crippen LogP contribution in [0.3, 0.4) is 0 Å². The van der Waals surface area contributed by atoms with Crippen LogP contribution in [0.1, 0.15) is 157 Å². The lowest BCUT2D eigenvalue weighted by Crippen LogP contribution is -2.67. The molecule has 5 aliphatic rings. The first-order valence-corrected chi connectivity index (χ1v) is 20.6.